The second-order valence-electron chi connectivity index (χ2n) is 6.05. The average molecular weight is 394 g/mol. The molecule has 3 rings (SSSR count). The maximum absolute atomic E-state index is 12.0. The molecular weight excluding hydrogens is 374 g/mol. The van der Waals surface area contributed by atoms with Gasteiger partial charge in [0.1, 0.15) is 0 Å². The Morgan fingerprint density at radius 1 is 1.15 bits per heavy atom. The smallest absolute Gasteiger partial charge is 0.319 e. The summed E-state index contributed by atoms with van der Waals surface area (Å²) in [6.45, 7) is 0.935. The fourth-order valence-electron chi connectivity index (χ4n) is 2.86. The second kappa shape index (κ2) is 7.97. The molecule has 0 aromatic heterocycles. The van der Waals surface area contributed by atoms with Crippen molar-refractivity contribution in [3.8, 4) is 0 Å². The summed E-state index contributed by atoms with van der Waals surface area (Å²) in [5.74, 6) is 0.161. The van der Waals surface area contributed by atoms with Gasteiger partial charge in [-0.15, -0.1) is 0 Å². The highest BCUT2D eigenvalue weighted by Gasteiger charge is 2.28. The normalized spacial score (nSPS) is 15.7. The molecule has 0 atom stereocenters. The number of amides is 2. The van der Waals surface area contributed by atoms with Crippen molar-refractivity contribution in [2.75, 3.05) is 28.5 Å². The first-order valence-corrected chi connectivity index (χ1v) is 10.3. The minimum Gasteiger partial charge on any atom is -0.338 e. The van der Waals surface area contributed by atoms with Crippen LogP contribution in [0.4, 0.5) is 16.2 Å². The van der Waals surface area contributed by atoms with E-state index in [1.165, 1.54) is 4.31 Å². The third-order valence-electron chi connectivity index (χ3n) is 4.08. The van der Waals surface area contributed by atoms with Gasteiger partial charge in [0.25, 0.3) is 0 Å². The van der Waals surface area contributed by atoms with E-state index in [0.717, 1.165) is 5.56 Å². The van der Waals surface area contributed by atoms with E-state index in [1.54, 1.807) is 30.3 Å². The number of nitrogens with one attached hydrogen (secondary N) is 2. The number of hydrogen-bond donors (Lipinski definition) is 2. The highest BCUT2D eigenvalue weighted by Crippen LogP contribution is 2.26. The van der Waals surface area contributed by atoms with Gasteiger partial charge in [0.05, 0.1) is 11.4 Å². The summed E-state index contributed by atoms with van der Waals surface area (Å²) in [6, 6.07) is 14.0. The van der Waals surface area contributed by atoms with Gasteiger partial charge < -0.3 is 10.6 Å². The van der Waals surface area contributed by atoms with E-state index in [-0.39, 0.29) is 11.8 Å². The zero-order chi connectivity index (χ0) is 18.6. The third kappa shape index (κ3) is 4.68. The number of anilines is 2. The second-order valence-corrected chi connectivity index (χ2v) is 8.50. The first-order chi connectivity index (χ1) is 12.4. The van der Waals surface area contributed by atoms with Crippen molar-refractivity contribution < 1.29 is 13.2 Å². The summed E-state index contributed by atoms with van der Waals surface area (Å²) in [5.41, 5.74) is 2.16. The Kier molecular flexibility index (Phi) is 5.68. The lowest BCUT2D eigenvalue weighted by atomic mass is 10.1. The van der Waals surface area contributed by atoms with Gasteiger partial charge >= 0.3 is 6.03 Å². The van der Waals surface area contributed by atoms with Crippen LogP contribution < -0.4 is 14.9 Å². The zero-order valence-electron chi connectivity index (χ0n) is 14.1. The summed E-state index contributed by atoms with van der Waals surface area (Å²) >= 11 is 5.94. The number of sulfonamides is 1. The first kappa shape index (κ1) is 18.5. The Labute approximate surface area is 158 Å². The van der Waals surface area contributed by atoms with Crippen LogP contribution in [0, 0.1) is 0 Å². The van der Waals surface area contributed by atoms with Crippen molar-refractivity contribution in [1.82, 2.24) is 5.32 Å². The molecule has 0 bridgehead atoms. The molecule has 0 aliphatic carbocycles. The highest BCUT2D eigenvalue weighted by molar-refractivity contribution is 7.93. The van der Waals surface area contributed by atoms with Crippen molar-refractivity contribution in [3.63, 3.8) is 0 Å². The lowest BCUT2D eigenvalue weighted by molar-refractivity contribution is 0.252. The van der Waals surface area contributed by atoms with Crippen LogP contribution in [0.15, 0.2) is 48.5 Å². The van der Waals surface area contributed by atoms with Gasteiger partial charge in [-0.05, 0) is 48.7 Å². The van der Waals surface area contributed by atoms with Crippen molar-refractivity contribution >= 4 is 39.0 Å². The molecule has 2 aromatic carbocycles. The Hall–Kier alpha value is -2.25. The molecular formula is C18H20ClN3O3S. The fraction of sp³-hybridized carbons (Fsp3) is 0.278. The molecule has 26 heavy (non-hydrogen) atoms. The van der Waals surface area contributed by atoms with E-state index in [9.17, 15) is 13.2 Å². The number of hydrogen-bond acceptors (Lipinski definition) is 3. The predicted octanol–water partition coefficient (Wildman–Crippen LogP) is 3.24. The molecule has 0 spiro atoms. The van der Waals surface area contributed by atoms with E-state index >= 15 is 0 Å². The molecule has 1 saturated heterocycles. The number of halogens is 1. The van der Waals surface area contributed by atoms with Crippen LogP contribution in [0.3, 0.4) is 0 Å². The predicted molar refractivity (Wildman–Crippen MR) is 104 cm³/mol. The zero-order valence-corrected chi connectivity index (χ0v) is 15.7. The Morgan fingerprint density at radius 3 is 2.69 bits per heavy atom. The van der Waals surface area contributed by atoms with Gasteiger partial charge in [-0.25, -0.2) is 13.2 Å². The Balaban J connectivity index is 1.55. The van der Waals surface area contributed by atoms with Crippen LogP contribution in [0.2, 0.25) is 5.02 Å². The molecule has 2 aromatic rings. The average Bonchev–Trinajstić information content (AvgIpc) is 2.94. The minimum absolute atomic E-state index is 0.161. The summed E-state index contributed by atoms with van der Waals surface area (Å²) < 4.78 is 25.4. The summed E-state index contributed by atoms with van der Waals surface area (Å²) in [5, 5.41) is 6.18. The molecule has 1 heterocycles. The van der Waals surface area contributed by atoms with Crippen molar-refractivity contribution in [2.24, 2.45) is 0 Å². The summed E-state index contributed by atoms with van der Waals surface area (Å²) in [7, 11) is -3.24. The molecule has 0 saturated carbocycles. The molecule has 6 nitrogen and oxygen atoms in total. The maximum atomic E-state index is 12.0. The van der Waals surface area contributed by atoms with Gasteiger partial charge in [-0.1, -0.05) is 29.8 Å². The lowest BCUT2D eigenvalue weighted by Gasteiger charge is -2.18. The highest BCUT2D eigenvalue weighted by atomic mass is 35.5. The number of urea groups is 1. The van der Waals surface area contributed by atoms with Crippen LogP contribution in [0.5, 0.6) is 0 Å². The molecule has 0 radical (unpaired) electrons. The number of carbonyl (C=O) groups excluding carboxylic acids is 1. The van der Waals surface area contributed by atoms with Gasteiger partial charge in [-0.2, -0.15) is 0 Å². The maximum Gasteiger partial charge on any atom is 0.319 e. The van der Waals surface area contributed by atoms with Gasteiger partial charge in [0.2, 0.25) is 10.0 Å². The summed E-state index contributed by atoms with van der Waals surface area (Å²) in [6.07, 6.45) is 1.28. The number of benzene rings is 2. The van der Waals surface area contributed by atoms with Crippen LogP contribution in [-0.4, -0.2) is 33.3 Å². The van der Waals surface area contributed by atoms with E-state index in [2.05, 4.69) is 10.6 Å². The largest absolute Gasteiger partial charge is 0.338 e. The molecule has 1 aliphatic heterocycles. The molecule has 138 valence electrons. The fourth-order valence-corrected chi connectivity index (χ4v) is 4.63. The van der Waals surface area contributed by atoms with E-state index in [0.29, 0.717) is 42.3 Å². The van der Waals surface area contributed by atoms with E-state index in [4.69, 9.17) is 11.6 Å². The molecule has 1 aliphatic rings. The molecule has 2 N–H and O–H groups in total. The van der Waals surface area contributed by atoms with Crippen LogP contribution in [-0.2, 0) is 16.4 Å². The Morgan fingerprint density at radius 2 is 1.96 bits per heavy atom. The van der Waals surface area contributed by atoms with Crippen molar-refractivity contribution in [2.45, 2.75) is 12.8 Å². The van der Waals surface area contributed by atoms with Gasteiger partial charge in [0.15, 0.2) is 0 Å². The monoisotopic (exact) mass is 393 g/mol. The van der Waals surface area contributed by atoms with E-state index in [1.807, 2.05) is 18.2 Å². The number of nitrogens with zero attached hydrogens (tertiary/aromatic N) is 1. The topological polar surface area (TPSA) is 78.5 Å². The number of rotatable bonds is 5. The minimum atomic E-state index is -3.24. The standard InChI is InChI=1S/C18H20ClN3O3S/c19-15-5-1-4-14(12-15)8-9-20-18(23)21-16-6-2-7-17(13-16)22-10-3-11-26(22,24)25/h1-2,4-7,12-13H,3,8-11H2,(H2,20,21,23). The molecule has 1 fully saturated rings. The third-order valence-corrected chi connectivity index (χ3v) is 6.18. The quantitative estimate of drug-likeness (QED) is 0.818. The van der Waals surface area contributed by atoms with Crippen LogP contribution in [0.1, 0.15) is 12.0 Å². The van der Waals surface area contributed by atoms with E-state index < -0.39 is 10.0 Å². The van der Waals surface area contributed by atoms with Crippen LogP contribution in [0.25, 0.3) is 0 Å². The molecule has 8 heteroatoms. The van der Waals surface area contributed by atoms with Gasteiger partial charge in [0, 0.05) is 23.8 Å². The van der Waals surface area contributed by atoms with Crippen LogP contribution >= 0.6 is 11.6 Å². The molecule has 2 amide bonds. The lowest BCUT2D eigenvalue weighted by Crippen LogP contribution is -2.30. The van der Waals surface area contributed by atoms with Crippen molar-refractivity contribution in [1.29, 1.82) is 0 Å². The number of carbonyl (C=O) groups is 1. The first-order valence-electron chi connectivity index (χ1n) is 8.34. The summed E-state index contributed by atoms with van der Waals surface area (Å²) in [4.78, 5) is 12.0. The van der Waals surface area contributed by atoms with Gasteiger partial charge in [-0.3, -0.25) is 4.31 Å². The SMILES string of the molecule is O=C(NCCc1cccc(Cl)c1)Nc1cccc(N2CCCS2(=O)=O)c1. The Bertz CT molecular complexity index is 902. The van der Waals surface area contributed by atoms with Crippen molar-refractivity contribution in [3.05, 3.63) is 59.1 Å². The molecule has 0 unspecified atom stereocenters.